The number of hydrogen-bond donors (Lipinski definition) is 1. The first-order chi connectivity index (χ1) is 6.67. The second-order valence-electron chi connectivity index (χ2n) is 5.95. The molecule has 4 atom stereocenters. The fraction of sp³-hybridized carbons (Fsp3) is 0.917. The molecule has 78 valence electrons. The van der Waals surface area contributed by atoms with E-state index in [1.807, 2.05) is 0 Å². The molecule has 0 spiro atoms. The van der Waals surface area contributed by atoms with Crippen molar-refractivity contribution in [3.63, 3.8) is 0 Å². The van der Waals surface area contributed by atoms with Crippen LogP contribution in [0.1, 0.15) is 44.9 Å². The lowest BCUT2D eigenvalue weighted by Gasteiger charge is -2.44. The molecule has 3 bridgehead atoms. The number of fused-ring (bicyclic) bond motifs is 2. The summed E-state index contributed by atoms with van der Waals surface area (Å²) in [6, 6.07) is 0. The van der Waals surface area contributed by atoms with Crippen LogP contribution in [0, 0.1) is 23.2 Å². The van der Waals surface area contributed by atoms with Crippen LogP contribution in [0.5, 0.6) is 0 Å². The maximum atomic E-state index is 11.1. The molecule has 3 aliphatic carbocycles. The quantitative estimate of drug-likeness (QED) is 0.717. The van der Waals surface area contributed by atoms with E-state index in [4.69, 9.17) is 5.73 Å². The van der Waals surface area contributed by atoms with E-state index >= 15 is 0 Å². The normalized spacial score (nSPS) is 49.6. The van der Waals surface area contributed by atoms with Crippen molar-refractivity contribution in [2.45, 2.75) is 44.9 Å². The van der Waals surface area contributed by atoms with Crippen LogP contribution in [0.3, 0.4) is 0 Å². The monoisotopic (exact) mass is 193 g/mol. The van der Waals surface area contributed by atoms with Gasteiger partial charge in [0.15, 0.2) is 0 Å². The third-order valence-corrected chi connectivity index (χ3v) is 4.95. The summed E-state index contributed by atoms with van der Waals surface area (Å²) in [6.07, 6.45) is 8.80. The maximum Gasteiger partial charge on any atom is 0.217 e. The molecule has 3 aliphatic rings. The van der Waals surface area contributed by atoms with Crippen molar-refractivity contribution < 1.29 is 4.79 Å². The van der Waals surface area contributed by atoms with Crippen LogP contribution in [-0.4, -0.2) is 5.91 Å². The molecular formula is C12H19NO. The lowest BCUT2D eigenvalue weighted by molar-refractivity contribution is -0.122. The van der Waals surface area contributed by atoms with Crippen LogP contribution in [-0.2, 0) is 4.79 Å². The third-order valence-electron chi connectivity index (χ3n) is 4.95. The van der Waals surface area contributed by atoms with Crippen molar-refractivity contribution in [1.29, 1.82) is 0 Å². The second kappa shape index (κ2) is 2.74. The molecule has 0 radical (unpaired) electrons. The SMILES string of the molecule is NC(=O)CC12CCC3CC(CC3C1)C2. The molecule has 0 aliphatic heterocycles. The molecule has 14 heavy (non-hydrogen) atoms. The zero-order chi connectivity index (χ0) is 9.76. The lowest BCUT2D eigenvalue weighted by atomic mass is 9.60. The van der Waals surface area contributed by atoms with Crippen molar-refractivity contribution >= 4 is 5.91 Å². The smallest absolute Gasteiger partial charge is 0.217 e. The molecule has 2 heteroatoms. The number of primary amides is 1. The fourth-order valence-electron chi connectivity index (χ4n) is 4.66. The molecule has 1 amide bonds. The molecule has 0 saturated heterocycles. The Hall–Kier alpha value is -0.530. The molecule has 0 aromatic heterocycles. The highest BCUT2D eigenvalue weighted by Crippen LogP contribution is 2.61. The summed E-state index contributed by atoms with van der Waals surface area (Å²) in [6.45, 7) is 0. The Morgan fingerprint density at radius 1 is 1.29 bits per heavy atom. The van der Waals surface area contributed by atoms with E-state index in [1.165, 1.54) is 38.5 Å². The number of carbonyl (C=O) groups is 1. The highest BCUT2D eigenvalue weighted by molar-refractivity contribution is 5.74. The van der Waals surface area contributed by atoms with Gasteiger partial charge in [0.1, 0.15) is 0 Å². The third kappa shape index (κ3) is 1.19. The average molecular weight is 193 g/mol. The average Bonchev–Trinajstić information content (AvgIpc) is 2.29. The summed E-state index contributed by atoms with van der Waals surface area (Å²) in [5.74, 6) is 2.80. The molecule has 3 saturated carbocycles. The Balaban J connectivity index is 1.84. The number of rotatable bonds is 2. The Kier molecular flexibility index (Phi) is 1.71. The topological polar surface area (TPSA) is 43.1 Å². The van der Waals surface area contributed by atoms with Gasteiger partial charge in [0.2, 0.25) is 5.91 Å². The van der Waals surface area contributed by atoms with E-state index < -0.39 is 0 Å². The van der Waals surface area contributed by atoms with Crippen molar-refractivity contribution in [3.05, 3.63) is 0 Å². The van der Waals surface area contributed by atoms with Crippen LogP contribution in [0.4, 0.5) is 0 Å². The van der Waals surface area contributed by atoms with Gasteiger partial charge < -0.3 is 5.73 Å². The fourth-order valence-corrected chi connectivity index (χ4v) is 4.66. The highest BCUT2D eigenvalue weighted by atomic mass is 16.1. The van der Waals surface area contributed by atoms with E-state index in [1.54, 1.807) is 0 Å². The van der Waals surface area contributed by atoms with Crippen LogP contribution in [0.15, 0.2) is 0 Å². The van der Waals surface area contributed by atoms with Gasteiger partial charge in [0.25, 0.3) is 0 Å². The highest BCUT2D eigenvalue weighted by Gasteiger charge is 2.51. The van der Waals surface area contributed by atoms with E-state index in [0.717, 1.165) is 17.8 Å². The molecule has 0 heterocycles. The van der Waals surface area contributed by atoms with Gasteiger partial charge in [-0.05, 0) is 61.7 Å². The van der Waals surface area contributed by atoms with Gasteiger partial charge in [0, 0.05) is 6.42 Å². The first-order valence-corrected chi connectivity index (χ1v) is 5.95. The number of hydrogen-bond acceptors (Lipinski definition) is 1. The predicted molar refractivity (Wildman–Crippen MR) is 54.4 cm³/mol. The summed E-state index contributed by atoms with van der Waals surface area (Å²) in [5, 5.41) is 0. The van der Waals surface area contributed by atoms with Crippen molar-refractivity contribution in [1.82, 2.24) is 0 Å². The standard InChI is InChI=1S/C12H19NO/c13-11(14)7-12-2-1-9-3-8(5-12)4-10(9)6-12/h8-10H,1-7H2,(H2,13,14). The molecular weight excluding hydrogens is 174 g/mol. The molecule has 3 rings (SSSR count). The van der Waals surface area contributed by atoms with E-state index in [-0.39, 0.29) is 5.91 Å². The molecule has 3 fully saturated rings. The van der Waals surface area contributed by atoms with Crippen LogP contribution in [0.2, 0.25) is 0 Å². The van der Waals surface area contributed by atoms with E-state index in [9.17, 15) is 4.79 Å². The Morgan fingerprint density at radius 2 is 2.07 bits per heavy atom. The number of carbonyl (C=O) groups excluding carboxylic acids is 1. The minimum absolute atomic E-state index is 0.0789. The summed E-state index contributed by atoms with van der Waals surface area (Å²) in [4.78, 5) is 11.1. The first-order valence-electron chi connectivity index (χ1n) is 5.95. The number of nitrogens with two attached hydrogens (primary N) is 1. The van der Waals surface area contributed by atoms with Crippen molar-refractivity contribution in [2.75, 3.05) is 0 Å². The minimum atomic E-state index is -0.0789. The summed E-state index contributed by atoms with van der Waals surface area (Å²) >= 11 is 0. The molecule has 2 nitrogen and oxygen atoms in total. The van der Waals surface area contributed by atoms with E-state index in [0.29, 0.717) is 11.8 Å². The van der Waals surface area contributed by atoms with Crippen molar-refractivity contribution in [2.24, 2.45) is 28.9 Å². The maximum absolute atomic E-state index is 11.1. The predicted octanol–water partition coefficient (Wildman–Crippen LogP) is 2.08. The van der Waals surface area contributed by atoms with Crippen LogP contribution >= 0.6 is 0 Å². The van der Waals surface area contributed by atoms with Crippen LogP contribution in [0.25, 0.3) is 0 Å². The number of amides is 1. The van der Waals surface area contributed by atoms with Gasteiger partial charge in [-0.2, -0.15) is 0 Å². The van der Waals surface area contributed by atoms with Gasteiger partial charge >= 0.3 is 0 Å². The lowest BCUT2D eigenvalue weighted by Crippen LogP contribution is -2.37. The zero-order valence-corrected chi connectivity index (χ0v) is 8.67. The largest absolute Gasteiger partial charge is 0.370 e. The van der Waals surface area contributed by atoms with Gasteiger partial charge in [0.05, 0.1) is 0 Å². The minimum Gasteiger partial charge on any atom is -0.370 e. The summed E-state index contributed by atoms with van der Waals surface area (Å²) in [7, 11) is 0. The van der Waals surface area contributed by atoms with Gasteiger partial charge in [-0.15, -0.1) is 0 Å². The zero-order valence-electron chi connectivity index (χ0n) is 8.67. The molecule has 0 aromatic rings. The Labute approximate surface area is 85.2 Å². The molecule has 4 unspecified atom stereocenters. The second-order valence-corrected chi connectivity index (χ2v) is 5.95. The summed E-state index contributed by atoms with van der Waals surface area (Å²) < 4.78 is 0. The van der Waals surface area contributed by atoms with E-state index in [2.05, 4.69) is 0 Å². The Morgan fingerprint density at radius 3 is 2.86 bits per heavy atom. The van der Waals surface area contributed by atoms with Gasteiger partial charge in [-0.1, -0.05) is 0 Å². The van der Waals surface area contributed by atoms with Gasteiger partial charge in [-0.25, -0.2) is 0 Å². The molecule has 0 aromatic carbocycles. The first kappa shape index (κ1) is 8.75. The van der Waals surface area contributed by atoms with Crippen LogP contribution < -0.4 is 5.73 Å². The van der Waals surface area contributed by atoms with Gasteiger partial charge in [-0.3, -0.25) is 4.79 Å². The Bertz CT molecular complexity index is 271. The van der Waals surface area contributed by atoms with Crippen molar-refractivity contribution in [3.8, 4) is 0 Å². The molecule has 2 N–H and O–H groups in total. The summed E-state index contributed by atoms with van der Waals surface area (Å²) in [5.41, 5.74) is 5.71.